The highest BCUT2D eigenvalue weighted by Gasteiger charge is 2.42. The number of rotatable bonds is 5. The third kappa shape index (κ3) is 3.78. The van der Waals surface area contributed by atoms with Crippen LogP contribution in [-0.2, 0) is 0 Å². The number of hydrogen-bond acceptors (Lipinski definition) is 4. The molecule has 0 radical (unpaired) electrons. The van der Waals surface area contributed by atoms with Gasteiger partial charge in [-0.25, -0.2) is 9.07 Å². The number of carbonyl (C=O) groups is 1. The van der Waals surface area contributed by atoms with Crippen molar-refractivity contribution in [2.45, 2.75) is 32.2 Å². The number of nitrogens with two attached hydrogens (primary N) is 1. The van der Waals surface area contributed by atoms with Crippen LogP contribution < -0.4 is 16.5 Å². The number of halogens is 2. The lowest BCUT2D eigenvalue weighted by molar-refractivity contribution is 0.0889. The molecule has 0 saturated heterocycles. The summed E-state index contributed by atoms with van der Waals surface area (Å²) in [5.41, 5.74) is 5.09. The van der Waals surface area contributed by atoms with Gasteiger partial charge in [0.05, 0.1) is 5.54 Å². The maximum Gasteiger partial charge on any atom is 0.276 e. The lowest BCUT2D eigenvalue weighted by Gasteiger charge is -2.29. The fourth-order valence-corrected chi connectivity index (χ4v) is 2.93. The van der Waals surface area contributed by atoms with Crippen LogP contribution in [0.2, 0.25) is 0 Å². The van der Waals surface area contributed by atoms with E-state index in [4.69, 9.17) is 5.73 Å². The monoisotopic (exact) mass is 380 g/mol. The number of aromatic nitrogens is 2. The average molecular weight is 381 g/mol. The molecule has 1 aliphatic rings. The van der Waals surface area contributed by atoms with E-state index < -0.39 is 22.7 Å². The molecule has 1 aromatic heterocycles. The molecule has 26 heavy (non-hydrogen) atoms. The Morgan fingerprint density at radius 1 is 1.42 bits per heavy atom. The van der Waals surface area contributed by atoms with Crippen LogP contribution in [0, 0.1) is 18.7 Å². The van der Waals surface area contributed by atoms with Crippen molar-refractivity contribution in [3.05, 3.63) is 57.8 Å². The topological polar surface area (TPSA) is 90.0 Å². The molecule has 3 rings (SSSR count). The Kier molecular flexibility index (Phi) is 5.83. The number of para-hydroxylation sites is 1. The van der Waals surface area contributed by atoms with Crippen molar-refractivity contribution in [3.8, 4) is 5.69 Å². The van der Waals surface area contributed by atoms with Crippen molar-refractivity contribution < 1.29 is 9.18 Å². The molecule has 1 unspecified atom stereocenters. The van der Waals surface area contributed by atoms with E-state index in [1.165, 1.54) is 22.9 Å². The predicted octanol–water partition coefficient (Wildman–Crippen LogP) is 1.96. The van der Waals surface area contributed by atoms with Crippen LogP contribution in [0.4, 0.5) is 4.39 Å². The first kappa shape index (κ1) is 20.1. The second kappa shape index (κ2) is 7.55. The Labute approximate surface area is 157 Å². The summed E-state index contributed by atoms with van der Waals surface area (Å²) in [6, 6.07) is 7.34. The Morgan fingerprint density at radius 2 is 2.08 bits per heavy atom. The van der Waals surface area contributed by atoms with Gasteiger partial charge in [0.15, 0.2) is 5.69 Å². The van der Waals surface area contributed by atoms with Gasteiger partial charge in [-0.3, -0.25) is 9.59 Å². The van der Waals surface area contributed by atoms with Gasteiger partial charge in [0.2, 0.25) is 5.43 Å². The van der Waals surface area contributed by atoms with Gasteiger partial charge in [0.25, 0.3) is 5.91 Å². The molecule has 3 N–H and O–H groups in total. The minimum Gasteiger partial charge on any atom is -0.344 e. The first-order valence-corrected chi connectivity index (χ1v) is 8.24. The third-order valence-electron chi connectivity index (χ3n) is 4.70. The van der Waals surface area contributed by atoms with Crippen LogP contribution in [0.1, 0.15) is 35.9 Å². The molecule has 2 aromatic rings. The van der Waals surface area contributed by atoms with Crippen LogP contribution in [0.3, 0.4) is 0 Å². The summed E-state index contributed by atoms with van der Waals surface area (Å²) in [6.45, 7) is 3.78. The molecule has 0 spiro atoms. The van der Waals surface area contributed by atoms with Crippen LogP contribution >= 0.6 is 12.4 Å². The van der Waals surface area contributed by atoms with Crippen LogP contribution in [0.15, 0.2) is 35.1 Å². The first-order valence-electron chi connectivity index (χ1n) is 8.24. The first-order chi connectivity index (χ1) is 11.9. The van der Waals surface area contributed by atoms with Gasteiger partial charge < -0.3 is 11.1 Å². The summed E-state index contributed by atoms with van der Waals surface area (Å²) in [4.78, 5) is 24.9. The zero-order valence-electron chi connectivity index (χ0n) is 14.7. The van der Waals surface area contributed by atoms with E-state index in [-0.39, 0.29) is 30.3 Å². The maximum atomic E-state index is 14.1. The van der Waals surface area contributed by atoms with E-state index in [9.17, 15) is 14.0 Å². The Hall–Kier alpha value is -2.25. The number of amides is 1. The molecule has 140 valence electrons. The molecule has 0 bridgehead atoms. The minimum absolute atomic E-state index is 0. The standard InChI is InChI=1S/C18H21FN4O2.ClH/c1-11-9-15(24)16(17(25)21-18(2,10-20)12-7-8-12)22-23(11)14-6-4-3-5-13(14)19;/h3-6,9,12H,7-8,10,20H2,1-2H3,(H,21,25);1H. The van der Waals surface area contributed by atoms with Crippen molar-refractivity contribution in [2.75, 3.05) is 6.54 Å². The molecule has 1 atom stereocenters. The minimum atomic E-state index is -0.588. The van der Waals surface area contributed by atoms with E-state index in [2.05, 4.69) is 10.4 Å². The SMILES string of the molecule is Cc1cc(=O)c(C(=O)NC(C)(CN)C2CC2)nn1-c1ccccc1F.Cl. The highest BCUT2D eigenvalue weighted by molar-refractivity contribution is 5.92. The van der Waals surface area contributed by atoms with E-state index in [1.807, 2.05) is 6.92 Å². The lowest BCUT2D eigenvalue weighted by Crippen LogP contribution is -2.54. The summed E-state index contributed by atoms with van der Waals surface area (Å²) >= 11 is 0. The smallest absolute Gasteiger partial charge is 0.276 e. The zero-order chi connectivity index (χ0) is 18.2. The summed E-state index contributed by atoms with van der Waals surface area (Å²) in [5, 5.41) is 6.95. The average Bonchev–Trinajstić information content (AvgIpc) is 3.41. The molecule has 6 nitrogen and oxygen atoms in total. The van der Waals surface area contributed by atoms with E-state index in [1.54, 1.807) is 19.1 Å². The quantitative estimate of drug-likeness (QED) is 0.829. The van der Waals surface area contributed by atoms with Crippen LogP contribution in [-0.4, -0.2) is 27.8 Å². The Balaban J connectivity index is 0.00000243. The molecular formula is C18H22ClFN4O2. The second-order valence-electron chi connectivity index (χ2n) is 6.71. The number of carbonyl (C=O) groups excluding carboxylic acids is 1. The number of nitrogens with one attached hydrogen (secondary N) is 1. The van der Waals surface area contributed by atoms with Crippen LogP contribution in [0.25, 0.3) is 5.69 Å². The van der Waals surface area contributed by atoms with Crippen molar-refractivity contribution in [1.82, 2.24) is 15.1 Å². The van der Waals surface area contributed by atoms with E-state index in [0.717, 1.165) is 12.8 Å². The Bertz CT molecular complexity index is 882. The highest BCUT2D eigenvalue weighted by Crippen LogP contribution is 2.39. The maximum absolute atomic E-state index is 14.1. The largest absolute Gasteiger partial charge is 0.344 e. The normalized spacial score (nSPS) is 15.7. The van der Waals surface area contributed by atoms with Crippen LogP contribution in [0.5, 0.6) is 0 Å². The lowest BCUT2D eigenvalue weighted by atomic mass is 9.96. The fourth-order valence-electron chi connectivity index (χ4n) is 2.93. The van der Waals surface area contributed by atoms with Gasteiger partial charge in [0, 0.05) is 18.3 Å². The number of aryl methyl sites for hydroxylation is 1. The summed E-state index contributed by atoms with van der Waals surface area (Å²) < 4.78 is 15.3. The van der Waals surface area contributed by atoms with E-state index >= 15 is 0 Å². The number of nitrogens with zero attached hydrogens (tertiary/aromatic N) is 2. The summed E-state index contributed by atoms with van der Waals surface area (Å²) in [7, 11) is 0. The predicted molar refractivity (Wildman–Crippen MR) is 99.4 cm³/mol. The van der Waals surface area contributed by atoms with Gasteiger partial charge in [-0.05, 0) is 44.7 Å². The third-order valence-corrected chi connectivity index (χ3v) is 4.70. The Morgan fingerprint density at radius 3 is 2.65 bits per heavy atom. The summed E-state index contributed by atoms with van der Waals surface area (Å²) in [5.74, 6) is -0.770. The second-order valence-corrected chi connectivity index (χ2v) is 6.71. The van der Waals surface area contributed by atoms with Gasteiger partial charge in [-0.2, -0.15) is 5.10 Å². The van der Waals surface area contributed by atoms with Crippen molar-refractivity contribution >= 4 is 18.3 Å². The molecule has 8 heteroatoms. The number of hydrogen-bond donors (Lipinski definition) is 2. The molecule has 1 saturated carbocycles. The van der Waals surface area contributed by atoms with Crippen molar-refractivity contribution in [1.29, 1.82) is 0 Å². The van der Waals surface area contributed by atoms with Crippen molar-refractivity contribution in [3.63, 3.8) is 0 Å². The molecule has 1 fully saturated rings. The highest BCUT2D eigenvalue weighted by atomic mass is 35.5. The van der Waals surface area contributed by atoms with Gasteiger partial charge in [-0.15, -0.1) is 12.4 Å². The molecule has 1 heterocycles. The molecular weight excluding hydrogens is 359 g/mol. The molecule has 1 aliphatic carbocycles. The van der Waals surface area contributed by atoms with Gasteiger partial charge >= 0.3 is 0 Å². The zero-order valence-corrected chi connectivity index (χ0v) is 15.5. The van der Waals surface area contributed by atoms with E-state index in [0.29, 0.717) is 11.6 Å². The molecule has 1 aromatic carbocycles. The van der Waals surface area contributed by atoms with Crippen molar-refractivity contribution in [2.24, 2.45) is 11.7 Å². The summed E-state index contributed by atoms with van der Waals surface area (Å²) in [6.07, 6.45) is 1.99. The molecule has 0 aliphatic heterocycles. The van der Waals surface area contributed by atoms with Gasteiger partial charge in [0.1, 0.15) is 11.5 Å². The van der Waals surface area contributed by atoms with Gasteiger partial charge in [-0.1, -0.05) is 12.1 Å². The molecule has 1 amide bonds. The number of benzene rings is 1. The fraction of sp³-hybridized carbons (Fsp3) is 0.389.